The predicted octanol–water partition coefficient (Wildman–Crippen LogP) is 2.69. The van der Waals surface area contributed by atoms with Gasteiger partial charge < -0.3 is 5.73 Å². The Morgan fingerprint density at radius 3 is 2.50 bits per heavy atom. The monoisotopic (exact) mass is 167 g/mol. The summed E-state index contributed by atoms with van der Waals surface area (Å²) in [4.78, 5) is 0. The van der Waals surface area contributed by atoms with Crippen molar-refractivity contribution in [3.8, 4) is 0 Å². The summed E-state index contributed by atoms with van der Waals surface area (Å²) in [5, 5.41) is 0. The molecule has 0 radical (unpaired) electrons. The summed E-state index contributed by atoms with van der Waals surface area (Å²) in [6.07, 6.45) is 9.82. The number of rotatable bonds is 0. The van der Waals surface area contributed by atoms with Crippen LogP contribution in [0.4, 0.5) is 0 Å². The third-order valence-electron chi connectivity index (χ3n) is 3.88. The van der Waals surface area contributed by atoms with Gasteiger partial charge in [0.2, 0.25) is 0 Å². The molecule has 0 bridgehead atoms. The first-order valence-corrected chi connectivity index (χ1v) is 5.46. The summed E-state index contributed by atoms with van der Waals surface area (Å²) in [5.74, 6) is 2.01. The fourth-order valence-corrected chi connectivity index (χ4v) is 3.15. The van der Waals surface area contributed by atoms with Crippen LogP contribution < -0.4 is 5.73 Å². The van der Waals surface area contributed by atoms with Gasteiger partial charge in [-0.25, -0.2) is 0 Å². The van der Waals surface area contributed by atoms with Crippen molar-refractivity contribution >= 4 is 0 Å². The molecule has 2 fully saturated rings. The molecule has 1 nitrogen and oxygen atoms in total. The molecular weight excluding hydrogens is 146 g/mol. The van der Waals surface area contributed by atoms with E-state index >= 15 is 0 Å². The average Bonchev–Trinajstić information content (AvgIpc) is 2.02. The van der Waals surface area contributed by atoms with Gasteiger partial charge in [-0.1, -0.05) is 25.7 Å². The molecule has 0 saturated heterocycles. The Labute approximate surface area is 75.7 Å². The van der Waals surface area contributed by atoms with Crippen LogP contribution in [0.15, 0.2) is 0 Å². The van der Waals surface area contributed by atoms with Crippen LogP contribution in [-0.4, -0.2) is 5.54 Å². The standard InChI is InChI=1S/C11H21N/c1-11(12)7-6-9-4-2-3-5-10(9)8-11/h9-10H,2-8,12H2,1H3/t9?,10-,11+/m0/s1. The highest BCUT2D eigenvalue weighted by Crippen LogP contribution is 2.43. The molecule has 2 aliphatic carbocycles. The lowest BCUT2D eigenvalue weighted by Crippen LogP contribution is -2.44. The molecule has 0 aliphatic heterocycles. The van der Waals surface area contributed by atoms with Crippen molar-refractivity contribution < 1.29 is 0 Å². The van der Waals surface area contributed by atoms with Crippen molar-refractivity contribution in [2.75, 3.05) is 0 Å². The number of hydrogen-bond donors (Lipinski definition) is 1. The number of fused-ring (bicyclic) bond motifs is 1. The molecule has 0 aromatic heterocycles. The van der Waals surface area contributed by atoms with Gasteiger partial charge in [-0.15, -0.1) is 0 Å². The molecule has 2 aliphatic rings. The SMILES string of the molecule is C[C@@]1(N)CCC2CCCC[C@H]2C1. The van der Waals surface area contributed by atoms with E-state index in [1.54, 1.807) is 0 Å². The Morgan fingerprint density at radius 1 is 1.08 bits per heavy atom. The van der Waals surface area contributed by atoms with Gasteiger partial charge in [-0.3, -0.25) is 0 Å². The molecule has 0 heterocycles. The molecule has 3 atom stereocenters. The van der Waals surface area contributed by atoms with E-state index in [0.717, 1.165) is 11.8 Å². The first kappa shape index (κ1) is 8.55. The number of hydrogen-bond acceptors (Lipinski definition) is 1. The maximum Gasteiger partial charge on any atom is 0.0128 e. The van der Waals surface area contributed by atoms with Crippen molar-refractivity contribution in [1.82, 2.24) is 0 Å². The van der Waals surface area contributed by atoms with Gasteiger partial charge >= 0.3 is 0 Å². The van der Waals surface area contributed by atoms with Gasteiger partial charge in [0.1, 0.15) is 0 Å². The van der Waals surface area contributed by atoms with E-state index in [1.807, 2.05) is 0 Å². The van der Waals surface area contributed by atoms with Crippen molar-refractivity contribution in [3.63, 3.8) is 0 Å². The van der Waals surface area contributed by atoms with E-state index in [4.69, 9.17) is 5.73 Å². The van der Waals surface area contributed by atoms with Crippen LogP contribution in [0.25, 0.3) is 0 Å². The molecule has 0 aromatic carbocycles. The van der Waals surface area contributed by atoms with Crippen molar-refractivity contribution in [2.45, 2.75) is 57.4 Å². The Hall–Kier alpha value is -0.0400. The van der Waals surface area contributed by atoms with E-state index < -0.39 is 0 Å². The van der Waals surface area contributed by atoms with E-state index in [1.165, 1.54) is 44.9 Å². The van der Waals surface area contributed by atoms with Gasteiger partial charge in [0.15, 0.2) is 0 Å². The highest BCUT2D eigenvalue weighted by Gasteiger charge is 2.35. The Kier molecular flexibility index (Phi) is 2.16. The molecule has 70 valence electrons. The fraction of sp³-hybridized carbons (Fsp3) is 1.00. The van der Waals surface area contributed by atoms with Gasteiger partial charge in [0, 0.05) is 5.54 Å². The van der Waals surface area contributed by atoms with Gasteiger partial charge in [0.25, 0.3) is 0 Å². The van der Waals surface area contributed by atoms with Crippen LogP contribution in [0.5, 0.6) is 0 Å². The second kappa shape index (κ2) is 3.02. The second-order valence-corrected chi connectivity index (χ2v) is 5.20. The molecule has 1 heteroatoms. The smallest absolute Gasteiger partial charge is 0.0128 e. The summed E-state index contributed by atoms with van der Waals surface area (Å²) in [6.45, 7) is 2.23. The van der Waals surface area contributed by atoms with Crippen LogP contribution in [0.1, 0.15) is 51.9 Å². The largest absolute Gasteiger partial charge is 0.325 e. The lowest BCUT2D eigenvalue weighted by atomic mass is 9.65. The number of nitrogens with two attached hydrogens (primary N) is 1. The first-order valence-electron chi connectivity index (χ1n) is 5.46. The van der Waals surface area contributed by atoms with E-state index in [9.17, 15) is 0 Å². The van der Waals surface area contributed by atoms with Crippen molar-refractivity contribution in [1.29, 1.82) is 0 Å². The zero-order valence-corrected chi connectivity index (χ0v) is 8.18. The summed E-state index contributed by atoms with van der Waals surface area (Å²) in [6, 6.07) is 0. The molecule has 12 heavy (non-hydrogen) atoms. The van der Waals surface area contributed by atoms with Gasteiger partial charge in [0.05, 0.1) is 0 Å². The summed E-state index contributed by atoms with van der Waals surface area (Å²) >= 11 is 0. The maximum absolute atomic E-state index is 6.18. The lowest BCUT2D eigenvalue weighted by molar-refractivity contribution is 0.119. The average molecular weight is 167 g/mol. The van der Waals surface area contributed by atoms with E-state index in [-0.39, 0.29) is 5.54 Å². The summed E-state index contributed by atoms with van der Waals surface area (Å²) < 4.78 is 0. The maximum atomic E-state index is 6.18. The quantitative estimate of drug-likeness (QED) is 0.590. The minimum absolute atomic E-state index is 0.165. The molecule has 2 N–H and O–H groups in total. The van der Waals surface area contributed by atoms with Gasteiger partial charge in [-0.05, 0) is 38.0 Å². The zero-order chi connectivity index (χ0) is 8.60. The van der Waals surface area contributed by atoms with Crippen molar-refractivity contribution in [3.05, 3.63) is 0 Å². The topological polar surface area (TPSA) is 26.0 Å². The zero-order valence-electron chi connectivity index (χ0n) is 8.18. The molecule has 0 spiro atoms. The van der Waals surface area contributed by atoms with E-state index in [2.05, 4.69) is 6.92 Å². The minimum Gasteiger partial charge on any atom is -0.325 e. The molecule has 2 saturated carbocycles. The van der Waals surface area contributed by atoms with Crippen molar-refractivity contribution in [2.24, 2.45) is 17.6 Å². The van der Waals surface area contributed by atoms with Crippen LogP contribution in [0.2, 0.25) is 0 Å². The van der Waals surface area contributed by atoms with Crippen LogP contribution >= 0.6 is 0 Å². The first-order chi connectivity index (χ1) is 5.67. The van der Waals surface area contributed by atoms with E-state index in [0.29, 0.717) is 0 Å². The third kappa shape index (κ3) is 1.66. The highest BCUT2D eigenvalue weighted by molar-refractivity contribution is 4.91. The van der Waals surface area contributed by atoms with Gasteiger partial charge in [-0.2, -0.15) is 0 Å². The Bertz CT molecular complexity index is 162. The Morgan fingerprint density at radius 2 is 1.75 bits per heavy atom. The highest BCUT2D eigenvalue weighted by atomic mass is 14.7. The molecule has 1 unspecified atom stereocenters. The minimum atomic E-state index is 0.165. The Balaban J connectivity index is 1.99. The summed E-state index contributed by atoms with van der Waals surface area (Å²) in [5.41, 5.74) is 6.35. The molecular formula is C11H21N. The normalized spacial score (nSPS) is 48.5. The fourth-order valence-electron chi connectivity index (χ4n) is 3.15. The third-order valence-corrected chi connectivity index (χ3v) is 3.88. The molecule has 2 rings (SSSR count). The lowest BCUT2D eigenvalue weighted by Gasteiger charge is -2.43. The molecule has 0 amide bonds. The van der Waals surface area contributed by atoms with Crippen LogP contribution in [-0.2, 0) is 0 Å². The molecule has 0 aromatic rings. The predicted molar refractivity (Wildman–Crippen MR) is 51.9 cm³/mol. The second-order valence-electron chi connectivity index (χ2n) is 5.20. The van der Waals surface area contributed by atoms with Crippen LogP contribution in [0, 0.1) is 11.8 Å². The van der Waals surface area contributed by atoms with Crippen LogP contribution in [0.3, 0.4) is 0 Å². The summed E-state index contributed by atoms with van der Waals surface area (Å²) in [7, 11) is 0.